The molecule has 0 aromatic carbocycles. The molecule has 0 aromatic heterocycles. The molecular weight excluding hydrogens is 518 g/mol. The number of esters is 3. The van der Waals surface area contributed by atoms with E-state index in [1.54, 1.807) is 20.8 Å². The van der Waals surface area contributed by atoms with Crippen LogP contribution in [0.3, 0.4) is 0 Å². The van der Waals surface area contributed by atoms with Crippen molar-refractivity contribution in [3.63, 3.8) is 0 Å². The molecule has 1 saturated heterocycles. The molecule has 0 aliphatic carbocycles. The predicted molar refractivity (Wildman–Crippen MR) is 138 cm³/mol. The Morgan fingerprint density at radius 1 is 0.686 bits per heavy atom. The summed E-state index contributed by atoms with van der Waals surface area (Å²) >= 11 is 12.4. The Labute approximate surface area is 222 Å². The van der Waals surface area contributed by atoms with Crippen molar-refractivity contribution in [1.29, 1.82) is 0 Å². The van der Waals surface area contributed by atoms with Crippen LogP contribution in [-0.2, 0) is 28.6 Å². The topological polar surface area (TPSA) is 123 Å². The van der Waals surface area contributed by atoms with Crippen LogP contribution in [0.5, 0.6) is 0 Å². The Balaban J connectivity index is 2.75. The first-order valence-electron chi connectivity index (χ1n) is 11.3. The highest BCUT2D eigenvalue weighted by Gasteiger charge is 2.37. The Morgan fingerprint density at radius 3 is 1.31 bits per heavy atom. The van der Waals surface area contributed by atoms with Crippen molar-refractivity contribution in [1.82, 2.24) is 14.7 Å². The maximum absolute atomic E-state index is 12.9. The van der Waals surface area contributed by atoms with Gasteiger partial charge in [0.05, 0.1) is 45.6 Å². The summed E-state index contributed by atoms with van der Waals surface area (Å²) in [4.78, 5) is 64.7. The number of carbonyl (C=O) groups excluding carboxylic acids is 5. The van der Waals surface area contributed by atoms with Gasteiger partial charge in [0.2, 0.25) is 0 Å². The van der Waals surface area contributed by atoms with E-state index in [1.807, 2.05) is 0 Å². The first-order valence-corrected chi connectivity index (χ1v) is 12.8. The van der Waals surface area contributed by atoms with Crippen LogP contribution in [0.2, 0.25) is 0 Å². The predicted octanol–water partition coefficient (Wildman–Crippen LogP) is 1.86. The second-order valence-corrected chi connectivity index (χ2v) is 10.9. The number of imide groups is 1. The molecule has 35 heavy (non-hydrogen) atoms. The number of carbonyl (C=O) groups is 5. The summed E-state index contributed by atoms with van der Waals surface area (Å²) in [5.41, 5.74) is 0. The van der Waals surface area contributed by atoms with Gasteiger partial charge in [0.1, 0.15) is 19.8 Å². The van der Waals surface area contributed by atoms with Crippen molar-refractivity contribution < 1.29 is 38.2 Å². The van der Waals surface area contributed by atoms with Gasteiger partial charge in [-0.05, 0) is 0 Å². The maximum Gasteiger partial charge on any atom is 0.329 e. The van der Waals surface area contributed by atoms with E-state index in [0.29, 0.717) is 0 Å². The van der Waals surface area contributed by atoms with E-state index in [4.69, 9.17) is 14.2 Å². The van der Waals surface area contributed by atoms with Gasteiger partial charge in [-0.15, -0.1) is 0 Å². The van der Waals surface area contributed by atoms with Crippen LogP contribution in [-0.4, -0.2) is 107 Å². The van der Waals surface area contributed by atoms with E-state index in [9.17, 15) is 24.0 Å². The third-order valence-electron chi connectivity index (χ3n) is 4.56. The molecule has 1 aliphatic heterocycles. The average Bonchev–Trinajstić information content (AvgIpc) is 2.71. The monoisotopic (exact) mass is 553 g/mol. The Morgan fingerprint density at radius 2 is 1.00 bits per heavy atom. The molecule has 1 heterocycles. The molecule has 3 atom stereocenters. The highest BCUT2D eigenvalue weighted by atomic mass is 32.1. The van der Waals surface area contributed by atoms with Crippen molar-refractivity contribution >= 4 is 67.9 Å². The molecule has 1 fully saturated rings. The fourth-order valence-electron chi connectivity index (χ4n) is 2.96. The highest BCUT2D eigenvalue weighted by molar-refractivity contribution is 7.81. The normalized spacial score (nSPS) is 16.6. The average molecular weight is 554 g/mol. The van der Waals surface area contributed by atoms with E-state index in [2.05, 4.69) is 37.9 Å². The van der Waals surface area contributed by atoms with Crippen LogP contribution in [0.1, 0.15) is 40.0 Å². The molecule has 14 heteroatoms. The van der Waals surface area contributed by atoms with E-state index >= 15 is 0 Å². The summed E-state index contributed by atoms with van der Waals surface area (Å²) in [6.07, 6.45) is 0.344. The SMILES string of the molecule is CC(S)CC(=O)OCCN1CN(CCOC(=O)CC(C)S)C(=O)N(CCOC(=O)CC(C)S)C1=O. The van der Waals surface area contributed by atoms with Crippen molar-refractivity contribution in [3.8, 4) is 0 Å². The van der Waals surface area contributed by atoms with Gasteiger partial charge in [0.25, 0.3) is 0 Å². The van der Waals surface area contributed by atoms with Crippen LogP contribution >= 0.6 is 37.9 Å². The molecule has 1 aliphatic rings. The van der Waals surface area contributed by atoms with Gasteiger partial charge in [-0.1, -0.05) is 20.8 Å². The Bertz CT molecular complexity index is 705. The minimum atomic E-state index is -0.607. The van der Waals surface area contributed by atoms with E-state index < -0.39 is 30.0 Å². The van der Waals surface area contributed by atoms with Gasteiger partial charge in [-0.25, -0.2) is 14.5 Å². The summed E-state index contributed by atoms with van der Waals surface area (Å²) in [6, 6.07) is -1.21. The lowest BCUT2D eigenvalue weighted by Gasteiger charge is -2.40. The zero-order valence-corrected chi connectivity index (χ0v) is 22.9. The third-order valence-corrected chi connectivity index (χ3v) is 5.10. The van der Waals surface area contributed by atoms with Gasteiger partial charge in [0.15, 0.2) is 0 Å². The zero-order valence-electron chi connectivity index (χ0n) is 20.3. The van der Waals surface area contributed by atoms with Gasteiger partial charge in [-0.2, -0.15) is 37.9 Å². The molecule has 11 nitrogen and oxygen atoms in total. The molecule has 0 radical (unpaired) electrons. The molecule has 0 bridgehead atoms. The Hall–Kier alpha value is -1.80. The summed E-state index contributed by atoms with van der Waals surface area (Å²) in [5, 5.41) is -0.512. The number of nitrogens with zero attached hydrogens (tertiary/aromatic N) is 3. The number of hydrogen-bond acceptors (Lipinski definition) is 11. The minimum Gasteiger partial charge on any atom is -0.464 e. The van der Waals surface area contributed by atoms with Crippen LogP contribution in [0.4, 0.5) is 9.59 Å². The van der Waals surface area contributed by atoms with Crippen LogP contribution in [0.25, 0.3) is 0 Å². The first kappa shape index (κ1) is 31.2. The van der Waals surface area contributed by atoms with Crippen LogP contribution in [0.15, 0.2) is 0 Å². The molecular formula is C21H35N3O8S3. The lowest BCUT2D eigenvalue weighted by atomic mass is 10.3. The lowest BCUT2D eigenvalue weighted by molar-refractivity contribution is -0.144. The van der Waals surface area contributed by atoms with Crippen molar-refractivity contribution in [2.45, 2.75) is 55.8 Å². The second kappa shape index (κ2) is 16.0. The number of hydrogen-bond donors (Lipinski definition) is 3. The smallest absolute Gasteiger partial charge is 0.329 e. The molecule has 0 aromatic rings. The van der Waals surface area contributed by atoms with Gasteiger partial charge in [0, 0.05) is 15.7 Å². The minimum absolute atomic E-state index is 0.0414. The number of ether oxygens (including phenoxy) is 3. The summed E-state index contributed by atoms with van der Waals surface area (Å²) < 4.78 is 15.4. The molecule has 200 valence electrons. The molecule has 3 unspecified atom stereocenters. The lowest BCUT2D eigenvalue weighted by Crippen LogP contribution is -2.62. The summed E-state index contributed by atoms with van der Waals surface area (Å²) in [6.45, 7) is 4.79. The molecule has 1 rings (SSSR count). The molecule has 0 spiro atoms. The standard InChI is InChI=1S/C21H35N3O8S3/c1-14(33)10-17(25)30-7-4-22-13-23(5-8-31-18(26)11-15(2)34)21(29)24(20(22)28)6-9-32-19(27)12-16(3)35/h14-16,33-35H,4-13H2,1-3H3. The fraction of sp³-hybridized carbons (Fsp3) is 0.762. The number of urea groups is 2. The van der Waals surface area contributed by atoms with Crippen molar-refractivity contribution in [2.24, 2.45) is 0 Å². The van der Waals surface area contributed by atoms with Gasteiger partial charge >= 0.3 is 30.0 Å². The van der Waals surface area contributed by atoms with E-state index in [0.717, 1.165) is 4.90 Å². The van der Waals surface area contributed by atoms with Gasteiger partial charge < -0.3 is 24.0 Å². The van der Waals surface area contributed by atoms with Crippen molar-refractivity contribution in [3.05, 3.63) is 0 Å². The third kappa shape index (κ3) is 12.6. The van der Waals surface area contributed by atoms with Crippen molar-refractivity contribution in [2.75, 3.05) is 46.1 Å². The van der Waals surface area contributed by atoms with E-state index in [-0.39, 0.29) is 81.1 Å². The number of thiol groups is 3. The quantitative estimate of drug-likeness (QED) is 0.160. The Kier molecular flexibility index (Phi) is 14.3. The molecule has 0 saturated carbocycles. The fourth-order valence-corrected chi connectivity index (χ4v) is 3.41. The zero-order chi connectivity index (χ0) is 26.5. The largest absolute Gasteiger partial charge is 0.464 e. The molecule has 4 amide bonds. The summed E-state index contributed by atoms with van der Waals surface area (Å²) in [5.74, 6) is -1.39. The van der Waals surface area contributed by atoms with Crippen LogP contribution in [0, 0.1) is 0 Å². The van der Waals surface area contributed by atoms with E-state index in [1.165, 1.54) is 9.80 Å². The summed E-state index contributed by atoms with van der Waals surface area (Å²) in [7, 11) is 0. The van der Waals surface area contributed by atoms with Crippen LogP contribution < -0.4 is 0 Å². The molecule has 0 N–H and O–H groups in total. The number of amides is 4. The first-order chi connectivity index (χ1) is 16.4. The highest BCUT2D eigenvalue weighted by Crippen LogP contribution is 2.14. The van der Waals surface area contributed by atoms with Gasteiger partial charge in [-0.3, -0.25) is 14.4 Å². The number of rotatable bonds is 15. The second-order valence-electron chi connectivity index (χ2n) is 8.21. The maximum atomic E-state index is 12.9.